The molecule has 3 saturated heterocycles. The third-order valence-electron chi connectivity index (χ3n) is 6.23. The fourth-order valence-electron chi connectivity index (χ4n) is 4.76. The number of piperidine rings is 3. The Labute approximate surface area is 148 Å². The molecule has 24 heavy (non-hydrogen) atoms. The topological polar surface area (TPSA) is 38.3 Å². The molecule has 0 saturated carbocycles. The van der Waals surface area contributed by atoms with E-state index in [-0.39, 0.29) is 5.91 Å². The number of rotatable bonds is 3. The summed E-state index contributed by atoms with van der Waals surface area (Å²) in [7, 11) is 1.66. The minimum Gasteiger partial charge on any atom is -0.496 e. The number of carbonyl (C=O) groups excluding carboxylic acids is 1. The van der Waals surface area contributed by atoms with Crippen LogP contribution in [0.5, 0.6) is 5.75 Å². The van der Waals surface area contributed by atoms with Crippen molar-refractivity contribution in [3.05, 3.63) is 27.8 Å². The lowest BCUT2D eigenvalue weighted by Crippen LogP contribution is -2.66. The first-order valence-corrected chi connectivity index (χ1v) is 9.56. The molecule has 1 N–H and O–H groups in total. The first kappa shape index (κ1) is 16.2. The van der Waals surface area contributed by atoms with Crippen LogP contribution < -0.4 is 10.2 Å². The van der Waals surface area contributed by atoms with Crippen molar-refractivity contribution in [1.29, 1.82) is 0 Å². The minimum atomic E-state index is -0.0394. The molecule has 0 unspecified atom stereocenters. The number of methoxy groups -OCH3 is 1. The van der Waals surface area contributed by atoms with Gasteiger partial charge >= 0.3 is 0 Å². The molecule has 3 fully saturated rings. The molecule has 0 spiro atoms. The molecular formula is C19H26ClN2O2+. The monoisotopic (exact) mass is 349 g/mol. The summed E-state index contributed by atoms with van der Waals surface area (Å²) in [5.74, 6) is 1.56. The van der Waals surface area contributed by atoms with Crippen molar-refractivity contribution in [2.75, 3.05) is 26.7 Å². The standard InChI is InChI=1S/C19H25ClN2O2/c1-24-18-15-5-3-2-4-14(15)17(20)12-16(18)19(23)21-22-9-6-13(7-10-22)8-11-22/h12-13H,2-11H2,1H3/p+1. The van der Waals surface area contributed by atoms with Gasteiger partial charge in [-0.25, -0.2) is 4.59 Å². The van der Waals surface area contributed by atoms with Crippen molar-refractivity contribution in [1.82, 2.24) is 5.43 Å². The van der Waals surface area contributed by atoms with E-state index in [4.69, 9.17) is 16.3 Å². The number of ether oxygens (including phenoxy) is 1. The van der Waals surface area contributed by atoms with Crippen molar-refractivity contribution < 1.29 is 14.1 Å². The molecule has 1 amide bonds. The fourth-order valence-corrected chi connectivity index (χ4v) is 5.08. The van der Waals surface area contributed by atoms with E-state index in [1.165, 1.54) is 24.8 Å². The Balaban J connectivity index is 1.65. The van der Waals surface area contributed by atoms with Crippen LogP contribution in [0.1, 0.15) is 53.6 Å². The van der Waals surface area contributed by atoms with E-state index in [1.807, 2.05) is 6.07 Å². The third-order valence-corrected chi connectivity index (χ3v) is 6.57. The Morgan fingerprint density at radius 1 is 1.17 bits per heavy atom. The van der Waals surface area contributed by atoms with Gasteiger partial charge in [0.05, 0.1) is 12.7 Å². The van der Waals surface area contributed by atoms with Gasteiger partial charge in [-0.05, 0) is 48.8 Å². The van der Waals surface area contributed by atoms with Gasteiger partial charge in [-0.2, -0.15) is 5.43 Å². The molecule has 5 rings (SSSR count). The van der Waals surface area contributed by atoms with Gasteiger partial charge in [-0.15, -0.1) is 0 Å². The highest BCUT2D eigenvalue weighted by Gasteiger charge is 2.42. The number of quaternary nitrogens is 1. The molecule has 4 aliphatic rings. The van der Waals surface area contributed by atoms with Gasteiger partial charge in [0.15, 0.2) is 0 Å². The summed E-state index contributed by atoms with van der Waals surface area (Å²) >= 11 is 6.50. The normalized spacial score (nSPS) is 28.3. The van der Waals surface area contributed by atoms with Gasteiger partial charge in [0.2, 0.25) is 0 Å². The lowest BCUT2D eigenvalue weighted by molar-refractivity contribution is -0.974. The number of halogens is 1. The molecule has 1 aromatic carbocycles. The Morgan fingerprint density at radius 3 is 2.42 bits per heavy atom. The van der Waals surface area contributed by atoms with Crippen molar-refractivity contribution in [3.8, 4) is 5.75 Å². The summed E-state index contributed by atoms with van der Waals surface area (Å²) in [4.78, 5) is 13.0. The van der Waals surface area contributed by atoms with Crippen molar-refractivity contribution >= 4 is 17.5 Å². The summed E-state index contributed by atoms with van der Waals surface area (Å²) in [5.41, 5.74) is 6.21. The number of amides is 1. The zero-order valence-electron chi connectivity index (χ0n) is 14.4. The van der Waals surface area contributed by atoms with Crippen LogP contribution in [0.3, 0.4) is 0 Å². The molecule has 3 aliphatic heterocycles. The van der Waals surface area contributed by atoms with E-state index in [0.717, 1.165) is 67.1 Å². The maximum absolute atomic E-state index is 13.0. The zero-order valence-corrected chi connectivity index (χ0v) is 15.1. The van der Waals surface area contributed by atoms with Crippen LogP contribution >= 0.6 is 11.6 Å². The number of benzene rings is 1. The van der Waals surface area contributed by atoms with E-state index in [2.05, 4.69) is 5.43 Å². The Bertz CT molecular complexity index is 652. The number of hydrogen-bond acceptors (Lipinski definition) is 2. The third kappa shape index (κ3) is 2.70. The van der Waals surface area contributed by atoms with E-state index in [0.29, 0.717) is 10.6 Å². The maximum atomic E-state index is 13.0. The van der Waals surface area contributed by atoms with Crippen LogP contribution in [0.4, 0.5) is 0 Å². The Morgan fingerprint density at radius 2 is 1.79 bits per heavy atom. The largest absolute Gasteiger partial charge is 0.496 e. The maximum Gasteiger partial charge on any atom is 0.299 e. The molecule has 0 atom stereocenters. The zero-order chi connectivity index (χ0) is 16.7. The molecule has 0 aromatic heterocycles. The van der Waals surface area contributed by atoms with Gasteiger partial charge in [0.1, 0.15) is 25.4 Å². The first-order valence-electron chi connectivity index (χ1n) is 9.19. The number of carbonyl (C=O) groups is 1. The molecule has 0 radical (unpaired) electrons. The van der Waals surface area contributed by atoms with Crippen LogP contribution in [-0.4, -0.2) is 37.2 Å². The fraction of sp³-hybridized carbons (Fsp3) is 0.632. The van der Waals surface area contributed by atoms with Gasteiger partial charge < -0.3 is 4.74 Å². The average Bonchev–Trinajstić information content (AvgIpc) is 2.63. The molecule has 1 aliphatic carbocycles. The van der Waals surface area contributed by atoms with E-state index < -0.39 is 0 Å². The van der Waals surface area contributed by atoms with Crippen LogP contribution in [0, 0.1) is 5.92 Å². The molecule has 5 heteroatoms. The quantitative estimate of drug-likeness (QED) is 0.848. The summed E-state index contributed by atoms with van der Waals surface area (Å²) in [6, 6.07) is 1.81. The lowest BCUT2D eigenvalue weighted by Gasteiger charge is -2.47. The predicted molar refractivity (Wildman–Crippen MR) is 94.3 cm³/mol. The summed E-state index contributed by atoms with van der Waals surface area (Å²) in [5, 5.41) is 0.716. The van der Waals surface area contributed by atoms with Gasteiger partial charge in [-0.1, -0.05) is 11.6 Å². The number of nitrogens with one attached hydrogen (secondary N) is 1. The predicted octanol–water partition coefficient (Wildman–Crippen LogP) is 3.50. The van der Waals surface area contributed by atoms with Crippen LogP contribution in [-0.2, 0) is 12.8 Å². The second-order valence-electron chi connectivity index (χ2n) is 7.59. The van der Waals surface area contributed by atoms with Gasteiger partial charge in [-0.3, -0.25) is 4.79 Å². The lowest BCUT2D eigenvalue weighted by atomic mass is 9.87. The molecular weight excluding hydrogens is 324 g/mol. The highest BCUT2D eigenvalue weighted by Crippen LogP contribution is 2.38. The minimum absolute atomic E-state index is 0.0394. The van der Waals surface area contributed by atoms with Gasteiger partial charge in [0, 0.05) is 24.3 Å². The van der Waals surface area contributed by atoms with Gasteiger partial charge in [0.25, 0.3) is 5.91 Å². The van der Waals surface area contributed by atoms with E-state index >= 15 is 0 Å². The summed E-state index contributed by atoms with van der Waals surface area (Å²) in [6.45, 7) is 3.16. The summed E-state index contributed by atoms with van der Waals surface area (Å²) in [6.07, 6.45) is 7.89. The average molecular weight is 350 g/mol. The van der Waals surface area contributed by atoms with Crippen LogP contribution in [0.15, 0.2) is 6.07 Å². The second kappa shape index (κ2) is 6.23. The second-order valence-corrected chi connectivity index (χ2v) is 8.00. The van der Waals surface area contributed by atoms with Crippen LogP contribution in [0.25, 0.3) is 0 Å². The van der Waals surface area contributed by atoms with Crippen LogP contribution in [0.2, 0.25) is 5.02 Å². The molecule has 130 valence electrons. The molecule has 4 nitrogen and oxygen atoms in total. The SMILES string of the molecule is COc1c(C(=O)N[N+]23CCC(CC2)CC3)cc(Cl)c2c1CCCC2. The van der Waals surface area contributed by atoms with E-state index in [1.54, 1.807) is 7.11 Å². The molecule has 3 heterocycles. The smallest absolute Gasteiger partial charge is 0.299 e. The van der Waals surface area contributed by atoms with Crippen molar-refractivity contribution in [2.24, 2.45) is 5.92 Å². The summed E-state index contributed by atoms with van der Waals surface area (Å²) < 4.78 is 6.39. The number of fused-ring (bicyclic) bond motifs is 4. The molecule has 2 bridgehead atoms. The van der Waals surface area contributed by atoms with E-state index in [9.17, 15) is 4.79 Å². The Hall–Kier alpha value is -1.26. The first-order chi connectivity index (χ1) is 11.6. The van der Waals surface area contributed by atoms with Crippen molar-refractivity contribution in [2.45, 2.75) is 44.9 Å². The van der Waals surface area contributed by atoms with Crippen molar-refractivity contribution in [3.63, 3.8) is 0 Å². The highest BCUT2D eigenvalue weighted by atomic mass is 35.5. The number of nitrogens with zero attached hydrogens (tertiary/aromatic N) is 1. The number of hydrogen-bond donors (Lipinski definition) is 1. The highest BCUT2D eigenvalue weighted by molar-refractivity contribution is 6.32. The molecule has 1 aromatic rings. The Kier molecular flexibility index (Phi) is 4.21.